The molecule has 0 bridgehead atoms. The van der Waals surface area contributed by atoms with Gasteiger partial charge in [-0.2, -0.15) is 13.2 Å². The summed E-state index contributed by atoms with van der Waals surface area (Å²) >= 11 is 0. The van der Waals surface area contributed by atoms with E-state index in [2.05, 4.69) is 10.3 Å². The van der Waals surface area contributed by atoms with E-state index in [0.717, 1.165) is 0 Å². The van der Waals surface area contributed by atoms with Crippen LogP contribution in [0.4, 0.5) is 13.2 Å². The molecule has 1 unspecified atom stereocenters. The van der Waals surface area contributed by atoms with E-state index in [9.17, 15) is 18.3 Å². The molecular formula is C10H13F3N2O. The SMILES string of the molecule is CC(CO)(NCC(F)(F)F)c1cccnc1. The van der Waals surface area contributed by atoms with Gasteiger partial charge < -0.3 is 5.11 Å². The first-order valence-corrected chi connectivity index (χ1v) is 4.70. The van der Waals surface area contributed by atoms with Gasteiger partial charge in [0.15, 0.2) is 0 Å². The zero-order valence-corrected chi connectivity index (χ0v) is 8.75. The van der Waals surface area contributed by atoms with Crippen molar-refractivity contribution in [2.24, 2.45) is 0 Å². The highest BCUT2D eigenvalue weighted by molar-refractivity contribution is 5.19. The predicted molar refractivity (Wildman–Crippen MR) is 52.7 cm³/mol. The summed E-state index contributed by atoms with van der Waals surface area (Å²) in [6, 6.07) is 3.23. The van der Waals surface area contributed by atoms with Gasteiger partial charge in [0.25, 0.3) is 0 Å². The van der Waals surface area contributed by atoms with Crippen molar-refractivity contribution < 1.29 is 18.3 Å². The molecule has 3 nitrogen and oxygen atoms in total. The molecule has 0 saturated carbocycles. The van der Waals surface area contributed by atoms with Crippen molar-refractivity contribution in [1.29, 1.82) is 0 Å². The molecule has 0 aromatic carbocycles. The van der Waals surface area contributed by atoms with Crippen LogP contribution in [0.1, 0.15) is 12.5 Å². The average molecular weight is 234 g/mol. The maximum absolute atomic E-state index is 12.1. The first-order chi connectivity index (χ1) is 7.37. The minimum Gasteiger partial charge on any atom is -0.394 e. The summed E-state index contributed by atoms with van der Waals surface area (Å²) in [5, 5.41) is 11.5. The molecule has 1 heterocycles. The summed E-state index contributed by atoms with van der Waals surface area (Å²) in [5.41, 5.74) is -0.620. The van der Waals surface area contributed by atoms with Gasteiger partial charge in [-0.1, -0.05) is 6.07 Å². The van der Waals surface area contributed by atoms with Crippen molar-refractivity contribution in [1.82, 2.24) is 10.3 Å². The Morgan fingerprint density at radius 1 is 1.44 bits per heavy atom. The molecule has 0 spiro atoms. The van der Waals surface area contributed by atoms with Gasteiger partial charge >= 0.3 is 6.18 Å². The lowest BCUT2D eigenvalue weighted by Gasteiger charge is -2.29. The van der Waals surface area contributed by atoms with Crippen LogP contribution in [-0.4, -0.2) is 29.4 Å². The summed E-state index contributed by atoms with van der Waals surface area (Å²) in [5.74, 6) is 0. The van der Waals surface area contributed by atoms with Crippen molar-refractivity contribution in [3.63, 3.8) is 0 Å². The fourth-order valence-electron chi connectivity index (χ4n) is 1.23. The number of alkyl halides is 3. The summed E-state index contributed by atoms with van der Waals surface area (Å²) < 4.78 is 36.2. The Morgan fingerprint density at radius 3 is 2.56 bits per heavy atom. The van der Waals surface area contributed by atoms with Crippen molar-refractivity contribution in [2.75, 3.05) is 13.2 Å². The van der Waals surface area contributed by atoms with Crippen LogP contribution in [0, 0.1) is 0 Å². The molecule has 6 heteroatoms. The quantitative estimate of drug-likeness (QED) is 0.828. The highest BCUT2D eigenvalue weighted by Crippen LogP contribution is 2.21. The van der Waals surface area contributed by atoms with Crippen molar-refractivity contribution in [2.45, 2.75) is 18.6 Å². The van der Waals surface area contributed by atoms with E-state index in [0.29, 0.717) is 5.56 Å². The zero-order valence-electron chi connectivity index (χ0n) is 8.75. The Balaban J connectivity index is 2.79. The highest BCUT2D eigenvalue weighted by atomic mass is 19.4. The molecule has 1 aromatic heterocycles. The number of rotatable bonds is 4. The maximum atomic E-state index is 12.1. The molecule has 0 radical (unpaired) electrons. The maximum Gasteiger partial charge on any atom is 0.401 e. The number of nitrogens with one attached hydrogen (secondary N) is 1. The Hall–Kier alpha value is -1.14. The first-order valence-electron chi connectivity index (χ1n) is 4.70. The molecule has 0 fully saturated rings. The first kappa shape index (κ1) is 12.9. The number of hydrogen-bond donors (Lipinski definition) is 2. The summed E-state index contributed by atoms with van der Waals surface area (Å²) in [6.07, 6.45) is -1.36. The van der Waals surface area contributed by atoms with E-state index in [-0.39, 0.29) is 0 Å². The van der Waals surface area contributed by atoms with Gasteiger partial charge in [-0.15, -0.1) is 0 Å². The summed E-state index contributed by atoms with van der Waals surface area (Å²) in [4.78, 5) is 3.81. The van der Waals surface area contributed by atoms with Crippen LogP contribution < -0.4 is 5.32 Å². The number of halogens is 3. The Morgan fingerprint density at radius 2 is 2.12 bits per heavy atom. The minimum absolute atomic E-state index is 0.436. The van der Waals surface area contributed by atoms with Crippen molar-refractivity contribution in [3.05, 3.63) is 30.1 Å². The number of pyridine rings is 1. The van der Waals surface area contributed by atoms with Crippen LogP contribution in [0.5, 0.6) is 0 Å². The van der Waals surface area contributed by atoms with E-state index in [1.54, 1.807) is 12.1 Å². The standard InChI is InChI=1S/C10H13F3N2O/c1-9(7-16,15-6-10(11,12)13)8-3-2-4-14-5-8/h2-5,15-16H,6-7H2,1H3. The summed E-state index contributed by atoms with van der Waals surface area (Å²) in [7, 11) is 0. The second kappa shape index (κ2) is 4.80. The second-order valence-electron chi connectivity index (χ2n) is 3.70. The smallest absolute Gasteiger partial charge is 0.394 e. The third kappa shape index (κ3) is 3.46. The average Bonchev–Trinajstić information content (AvgIpc) is 2.26. The Labute approximate surface area is 91.3 Å². The fourth-order valence-corrected chi connectivity index (χ4v) is 1.23. The van der Waals surface area contributed by atoms with Crippen molar-refractivity contribution in [3.8, 4) is 0 Å². The monoisotopic (exact) mass is 234 g/mol. The molecule has 1 atom stereocenters. The van der Waals surface area contributed by atoms with E-state index in [1.807, 2.05) is 0 Å². The normalized spacial score (nSPS) is 15.8. The van der Waals surface area contributed by atoms with E-state index >= 15 is 0 Å². The number of aliphatic hydroxyl groups excluding tert-OH is 1. The Kier molecular flexibility index (Phi) is 3.88. The van der Waals surface area contributed by atoms with Crippen LogP contribution in [0.25, 0.3) is 0 Å². The molecule has 0 aliphatic carbocycles. The predicted octanol–water partition coefficient (Wildman–Crippen LogP) is 1.44. The molecule has 0 saturated heterocycles. The molecule has 16 heavy (non-hydrogen) atoms. The van der Waals surface area contributed by atoms with E-state index < -0.39 is 24.9 Å². The lowest BCUT2D eigenvalue weighted by molar-refractivity contribution is -0.129. The largest absolute Gasteiger partial charge is 0.401 e. The van der Waals surface area contributed by atoms with E-state index in [4.69, 9.17) is 0 Å². The Bertz CT molecular complexity index is 329. The molecule has 90 valence electrons. The van der Waals surface area contributed by atoms with Crippen LogP contribution >= 0.6 is 0 Å². The third-order valence-electron chi connectivity index (χ3n) is 2.29. The van der Waals surface area contributed by atoms with Gasteiger partial charge in [-0.25, -0.2) is 0 Å². The van der Waals surface area contributed by atoms with Crippen molar-refractivity contribution >= 4 is 0 Å². The summed E-state index contributed by atoms with van der Waals surface area (Å²) in [6.45, 7) is -0.0938. The number of aliphatic hydroxyl groups is 1. The number of hydrogen-bond acceptors (Lipinski definition) is 3. The second-order valence-corrected chi connectivity index (χ2v) is 3.70. The molecule has 1 rings (SSSR count). The molecule has 2 N–H and O–H groups in total. The molecule has 0 amide bonds. The molecule has 0 aliphatic rings. The molecular weight excluding hydrogens is 221 g/mol. The topological polar surface area (TPSA) is 45.1 Å². The number of aromatic nitrogens is 1. The van der Waals surface area contributed by atoms with Gasteiger partial charge in [-0.3, -0.25) is 10.3 Å². The van der Waals surface area contributed by atoms with Gasteiger partial charge in [-0.05, 0) is 18.6 Å². The lowest BCUT2D eigenvalue weighted by Crippen LogP contribution is -2.47. The lowest BCUT2D eigenvalue weighted by atomic mass is 9.94. The van der Waals surface area contributed by atoms with Crippen LogP contribution in [-0.2, 0) is 5.54 Å². The van der Waals surface area contributed by atoms with Gasteiger partial charge in [0, 0.05) is 12.4 Å². The van der Waals surface area contributed by atoms with Crippen LogP contribution in [0.3, 0.4) is 0 Å². The highest BCUT2D eigenvalue weighted by Gasteiger charge is 2.33. The molecule has 1 aromatic rings. The fraction of sp³-hybridized carbons (Fsp3) is 0.500. The van der Waals surface area contributed by atoms with Crippen LogP contribution in [0.2, 0.25) is 0 Å². The zero-order chi connectivity index (χ0) is 12.2. The van der Waals surface area contributed by atoms with Gasteiger partial charge in [0.1, 0.15) is 0 Å². The van der Waals surface area contributed by atoms with Gasteiger partial charge in [0.05, 0.1) is 18.7 Å². The molecule has 0 aliphatic heterocycles. The van der Waals surface area contributed by atoms with Crippen LogP contribution in [0.15, 0.2) is 24.5 Å². The number of nitrogens with zero attached hydrogens (tertiary/aromatic N) is 1. The third-order valence-corrected chi connectivity index (χ3v) is 2.29. The minimum atomic E-state index is -4.31. The van der Waals surface area contributed by atoms with E-state index in [1.165, 1.54) is 19.3 Å². The van der Waals surface area contributed by atoms with Gasteiger partial charge in [0.2, 0.25) is 0 Å².